The van der Waals surface area contributed by atoms with E-state index >= 15 is 0 Å². The molecule has 0 aliphatic carbocycles. The molecule has 0 aromatic heterocycles. The Hall–Kier alpha value is -5.34. The number of carboxylic acid groups (broad SMARTS) is 2. The molecule has 1 rings (SSSR count). The fourth-order valence-electron chi connectivity index (χ4n) is 4.65. The van der Waals surface area contributed by atoms with Gasteiger partial charge in [0.2, 0.25) is 35.4 Å². The van der Waals surface area contributed by atoms with E-state index in [2.05, 4.69) is 31.9 Å². The van der Waals surface area contributed by atoms with Gasteiger partial charge in [-0.1, -0.05) is 39.8 Å². The Labute approximate surface area is 305 Å². The number of aliphatic hydroxyl groups excluding tert-OH is 2. The summed E-state index contributed by atoms with van der Waals surface area (Å²) >= 11 is 0. The molecule has 0 unspecified atom stereocenters. The van der Waals surface area contributed by atoms with E-state index < -0.39 is 116 Å². The van der Waals surface area contributed by atoms with Gasteiger partial charge >= 0.3 is 11.9 Å². The first kappa shape index (κ1) is 45.7. The van der Waals surface area contributed by atoms with Gasteiger partial charge in [0, 0.05) is 12.8 Å². The first-order valence-corrected chi connectivity index (χ1v) is 16.8. The van der Waals surface area contributed by atoms with Crippen molar-refractivity contribution in [2.75, 3.05) is 19.8 Å². The Balaban J connectivity index is 3.32. The third-order valence-electron chi connectivity index (χ3n) is 7.70. The van der Waals surface area contributed by atoms with Gasteiger partial charge in [0.25, 0.3) is 0 Å². The molecule has 296 valence electrons. The van der Waals surface area contributed by atoms with Crippen LogP contribution in [0.3, 0.4) is 0 Å². The standard InChI is InChI=1S/C33H51N7O13/c1-16(2)11-21(29(49)36-20(9-10-25(44)45)28(48)35-13-26(46)47)37-30(50)22(12-18-5-7-19(43)8-6-18)38-31(51)23(14-41)39-32(52)24(15-42)40-33(53)27(34)17(3)4/h5-8,16-17,20-24,27,41-43H,9-15,34H2,1-4H3,(H,35,48)(H,36,49)(H,37,50)(H,38,51)(H,39,52)(H,40,53)(H,44,45)(H,46,47)/t20-,21-,22-,23-,24-,27-/m0/s1. The van der Waals surface area contributed by atoms with Crippen molar-refractivity contribution in [3.05, 3.63) is 29.8 Å². The van der Waals surface area contributed by atoms with Crippen LogP contribution >= 0.6 is 0 Å². The molecule has 0 bridgehead atoms. The number of amides is 6. The maximum atomic E-state index is 13.8. The number of phenolic OH excluding ortho intramolecular Hbond substituents is 1. The lowest BCUT2D eigenvalue weighted by Gasteiger charge is -2.27. The molecule has 13 N–H and O–H groups in total. The Morgan fingerprint density at radius 1 is 0.623 bits per heavy atom. The zero-order chi connectivity index (χ0) is 40.4. The number of aliphatic carboxylic acids is 2. The summed E-state index contributed by atoms with van der Waals surface area (Å²) < 4.78 is 0. The molecule has 0 radical (unpaired) electrons. The lowest BCUT2D eigenvalue weighted by Crippen LogP contribution is -2.61. The molecule has 0 heterocycles. The molecule has 0 aliphatic heterocycles. The van der Waals surface area contributed by atoms with Crippen molar-refractivity contribution in [3.63, 3.8) is 0 Å². The molecule has 6 atom stereocenters. The van der Waals surface area contributed by atoms with Crippen LogP contribution in [0.4, 0.5) is 0 Å². The van der Waals surface area contributed by atoms with Crippen LogP contribution in [-0.2, 0) is 44.8 Å². The van der Waals surface area contributed by atoms with E-state index in [1.165, 1.54) is 24.3 Å². The number of phenols is 1. The van der Waals surface area contributed by atoms with Crippen LogP contribution in [0.1, 0.15) is 52.5 Å². The maximum absolute atomic E-state index is 13.8. The van der Waals surface area contributed by atoms with Gasteiger partial charge in [-0.25, -0.2) is 0 Å². The van der Waals surface area contributed by atoms with Crippen molar-refractivity contribution in [2.45, 2.75) is 89.6 Å². The molecule has 0 fully saturated rings. The van der Waals surface area contributed by atoms with Gasteiger partial charge in [-0.2, -0.15) is 0 Å². The second-order valence-corrected chi connectivity index (χ2v) is 13.0. The molecule has 0 saturated carbocycles. The van der Waals surface area contributed by atoms with E-state index in [4.69, 9.17) is 15.9 Å². The van der Waals surface area contributed by atoms with Gasteiger partial charge in [-0.3, -0.25) is 38.4 Å². The van der Waals surface area contributed by atoms with Crippen LogP contribution in [0, 0.1) is 11.8 Å². The highest BCUT2D eigenvalue weighted by Gasteiger charge is 2.33. The van der Waals surface area contributed by atoms with Crippen LogP contribution in [0.15, 0.2) is 24.3 Å². The number of benzene rings is 1. The van der Waals surface area contributed by atoms with Crippen molar-refractivity contribution < 1.29 is 63.9 Å². The van der Waals surface area contributed by atoms with Crippen molar-refractivity contribution >= 4 is 47.4 Å². The number of nitrogens with one attached hydrogen (secondary N) is 6. The number of hydrogen-bond acceptors (Lipinski definition) is 12. The molecular formula is C33H51N7O13. The largest absolute Gasteiger partial charge is 0.508 e. The highest BCUT2D eigenvalue weighted by Crippen LogP contribution is 2.13. The third-order valence-corrected chi connectivity index (χ3v) is 7.70. The molecule has 20 nitrogen and oxygen atoms in total. The number of aromatic hydroxyl groups is 1. The molecule has 1 aromatic carbocycles. The molecule has 6 amide bonds. The number of aliphatic hydroxyl groups is 2. The molecule has 0 aliphatic rings. The number of carbonyl (C=O) groups is 8. The average molecular weight is 754 g/mol. The minimum absolute atomic E-state index is 0.0100. The zero-order valence-corrected chi connectivity index (χ0v) is 30.0. The van der Waals surface area contributed by atoms with Gasteiger partial charge in [-0.05, 0) is 42.4 Å². The topological polar surface area (TPSA) is 336 Å². The fraction of sp³-hybridized carbons (Fsp3) is 0.576. The summed E-state index contributed by atoms with van der Waals surface area (Å²) in [6.07, 6.45) is -1.22. The first-order valence-electron chi connectivity index (χ1n) is 16.8. The van der Waals surface area contributed by atoms with Gasteiger partial charge in [0.05, 0.1) is 19.3 Å². The summed E-state index contributed by atoms with van der Waals surface area (Å²) in [7, 11) is 0. The number of carboxylic acids is 2. The summed E-state index contributed by atoms with van der Waals surface area (Å²) in [5.74, 6) is -9.03. The van der Waals surface area contributed by atoms with Gasteiger partial charge in [0.15, 0.2) is 0 Å². The fourth-order valence-corrected chi connectivity index (χ4v) is 4.65. The molecule has 0 spiro atoms. The number of nitrogens with two attached hydrogens (primary N) is 1. The van der Waals surface area contributed by atoms with E-state index in [-0.39, 0.29) is 30.4 Å². The Morgan fingerprint density at radius 2 is 1.08 bits per heavy atom. The summed E-state index contributed by atoms with van der Waals surface area (Å²) in [6.45, 7) is 4.09. The van der Waals surface area contributed by atoms with E-state index in [0.29, 0.717) is 5.56 Å². The number of rotatable bonds is 23. The van der Waals surface area contributed by atoms with Crippen LogP contribution in [0.2, 0.25) is 0 Å². The second kappa shape index (κ2) is 22.6. The molecule has 20 heteroatoms. The van der Waals surface area contributed by atoms with Gasteiger partial charge < -0.3 is 63.2 Å². The molecule has 1 aromatic rings. The van der Waals surface area contributed by atoms with Crippen LogP contribution in [0.25, 0.3) is 0 Å². The van der Waals surface area contributed by atoms with Crippen LogP contribution < -0.4 is 37.6 Å². The zero-order valence-electron chi connectivity index (χ0n) is 30.0. The summed E-state index contributed by atoms with van der Waals surface area (Å²) in [5, 5.41) is 61.2. The lowest BCUT2D eigenvalue weighted by atomic mass is 10.00. The summed E-state index contributed by atoms with van der Waals surface area (Å²) in [4.78, 5) is 101. The summed E-state index contributed by atoms with van der Waals surface area (Å²) in [6, 6.07) is -3.06. The highest BCUT2D eigenvalue weighted by molar-refractivity contribution is 5.97. The minimum Gasteiger partial charge on any atom is -0.508 e. The lowest BCUT2D eigenvalue weighted by molar-refractivity contribution is -0.140. The Kier molecular flexibility index (Phi) is 19.4. The summed E-state index contributed by atoms with van der Waals surface area (Å²) in [5.41, 5.74) is 6.21. The Morgan fingerprint density at radius 3 is 1.55 bits per heavy atom. The van der Waals surface area contributed by atoms with Crippen molar-refractivity contribution in [1.82, 2.24) is 31.9 Å². The molecule has 53 heavy (non-hydrogen) atoms. The van der Waals surface area contributed by atoms with E-state index in [0.717, 1.165) is 0 Å². The highest BCUT2D eigenvalue weighted by atomic mass is 16.4. The molecular weight excluding hydrogens is 702 g/mol. The Bertz CT molecular complexity index is 1440. The van der Waals surface area contributed by atoms with E-state index in [9.17, 15) is 53.7 Å². The number of carbonyl (C=O) groups excluding carboxylic acids is 6. The van der Waals surface area contributed by atoms with E-state index in [1.54, 1.807) is 27.7 Å². The normalized spacial score (nSPS) is 14.4. The smallest absolute Gasteiger partial charge is 0.322 e. The maximum Gasteiger partial charge on any atom is 0.322 e. The minimum atomic E-state index is -1.70. The van der Waals surface area contributed by atoms with Gasteiger partial charge in [-0.15, -0.1) is 0 Å². The third kappa shape index (κ3) is 16.7. The molecule has 0 saturated heterocycles. The number of hydrogen-bond donors (Lipinski definition) is 12. The predicted molar refractivity (Wildman–Crippen MR) is 185 cm³/mol. The van der Waals surface area contributed by atoms with Crippen molar-refractivity contribution in [3.8, 4) is 5.75 Å². The van der Waals surface area contributed by atoms with Crippen LogP contribution in [-0.4, -0.2) is 129 Å². The average Bonchev–Trinajstić information content (AvgIpc) is 3.09. The van der Waals surface area contributed by atoms with Crippen molar-refractivity contribution in [2.24, 2.45) is 17.6 Å². The second-order valence-electron chi connectivity index (χ2n) is 13.0. The van der Waals surface area contributed by atoms with E-state index in [1.807, 2.05) is 0 Å². The van der Waals surface area contributed by atoms with Crippen molar-refractivity contribution in [1.29, 1.82) is 0 Å². The monoisotopic (exact) mass is 753 g/mol. The predicted octanol–water partition coefficient (Wildman–Crippen LogP) is -3.56. The van der Waals surface area contributed by atoms with Crippen LogP contribution in [0.5, 0.6) is 5.75 Å². The SMILES string of the molecule is CC(C)C[C@H](NC(=O)[C@H](Cc1ccc(O)cc1)NC(=O)[C@H](CO)NC(=O)[C@H](CO)NC(=O)[C@@H](N)C(C)C)C(=O)N[C@@H](CCC(=O)O)C(=O)NCC(=O)O. The first-order chi connectivity index (χ1) is 24.8. The van der Waals surface area contributed by atoms with Gasteiger partial charge in [0.1, 0.15) is 42.5 Å². The quantitative estimate of drug-likeness (QED) is 0.0515.